The van der Waals surface area contributed by atoms with Crippen molar-refractivity contribution in [2.45, 2.75) is 32.7 Å². The molecule has 5 nitrogen and oxygen atoms in total. The standard InChI is InChI=1S/C22H26N2O3/c1-15(2)17-6-8-19(9-7-17)24-14-18(12-21(24)25)22(26)23-13-16-4-10-20(27-3)11-5-16/h4-11,15,18H,12-14H2,1-3H3,(H,23,26). The number of carbonyl (C=O) groups excluding carboxylic acids is 2. The van der Waals surface area contributed by atoms with Crippen LogP contribution in [0.1, 0.15) is 37.3 Å². The van der Waals surface area contributed by atoms with Gasteiger partial charge < -0.3 is 15.0 Å². The lowest BCUT2D eigenvalue weighted by Gasteiger charge is -2.18. The minimum absolute atomic E-state index is 0.00288. The number of rotatable bonds is 6. The second-order valence-corrected chi connectivity index (χ2v) is 7.22. The Labute approximate surface area is 160 Å². The molecule has 1 fully saturated rings. The average molecular weight is 366 g/mol. The van der Waals surface area contributed by atoms with E-state index < -0.39 is 0 Å². The molecule has 1 saturated heterocycles. The predicted octanol–water partition coefficient (Wildman–Crippen LogP) is 3.49. The molecule has 1 heterocycles. The third-order valence-corrected chi connectivity index (χ3v) is 4.99. The van der Waals surface area contributed by atoms with Crippen molar-refractivity contribution in [2.24, 2.45) is 5.92 Å². The summed E-state index contributed by atoms with van der Waals surface area (Å²) >= 11 is 0. The Morgan fingerprint density at radius 2 is 1.81 bits per heavy atom. The van der Waals surface area contributed by atoms with E-state index in [-0.39, 0.29) is 24.2 Å². The third kappa shape index (κ3) is 4.48. The zero-order chi connectivity index (χ0) is 19.4. The smallest absolute Gasteiger partial charge is 0.227 e. The molecule has 0 aromatic heterocycles. The molecule has 1 atom stereocenters. The molecule has 0 spiro atoms. The summed E-state index contributed by atoms with van der Waals surface area (Å²) in [5.74, 6) is 0.827. The minimum atomic E-state index is -0.319. The fraction of sp³-hybridized carbons (Fsp3) is 0.364. The van der Waals surface area contributed by atoms with Gasteiger partial charge in [-0.05, 0) is 41.3 Å². The van der Waals surface area contributed by atoms with Crippen LogP contribution in [0.15, 0.2) is 48.5 Å². The van der Waals surface area contributed by atoms with Crippen LogP contribution in [0.2, 0.25) is 0 Å². The van der Waals surface area contributed by atoms with Crippen molar-refractivity contribution in [1.82, 2.24) is 5.32 Å². The molecule has 0 saturated carbocycles. The number of nitrogens with one attached hydrogen (secondary N) is 1. The zero-order valence-electron chi connectivity index (χ0n) is 16.1. The number of anilines is 1. The Hall–Kier alpha value is -2.82. The first-order chi connectivity index (χ1) is 13.0. The third-order valence-electron chi connectivity index (χ3n) is 4.99. The van der Waals surface area contributed by atoms with Crippen molar-refractivity contribution in [1.29, 1.82) is 0 Å². The molecule has 0 radical (unpaired) electrons. The molecule has 0 aliphatic carbocycles. The SMILES string of the molecule is COc1ccc(CNC(=O)C2CC(=O)N(c3ccc(C(C)C)cc3)C2)cc1. The summed E-state index contributed by atoms with van der Waals surface area (Å²) in [4.78, 5) is 26.6. The van der Waals surface area contributed by atoms with Crippen molar-refractivity contribution in [2.75, 3.05) is 18.6 Å². The lowest BCUT2D eigenvalue weighted by Crippen LogP contribution is -2.32. The predicted molar refractivity (Wildman–Crippen MR) is 106 cm³/mol. The molecule has 1 aliphatic heterocycles. The average Bonchev–Trinajstić information content (AvgIpc) is 3.08. The Balaban J connectivity index is 1.58. The van der Waals surface area contributed by atoms with Gasteiger partial charge in [0.05, 0.1) is 13.0 Å². The number of benzene rings is 2. The first-order valence-corrected chi connectivity index (χ1v) is 9.29. The van der Waals surface area contributed by atoms with Crippen molar-refractivity contribution < 1.29 is 14.3 Å². The fourth-order valence-electron chi connectivity index (χ4n) is 3.25. The van der Waals surface area contributed by atoms with Gasteiger partial charge in [0.25, 0.3) is 0 Å². The molecule has 5 heteroatoms. The van der Waals surface area contributed by atoms with E-state index in [0.717, 1.165) is 17.0 Å². The fourth-order valence-corrected chi connectivity index (χ4v) is 3.25. The van der Waals surface area contributed by atoms with Gasteiger partial charge in [0.15, 0.2) is 0 Å². The molecule has 0 bridgehead atoms. The van der Waals surface area contributed by atoms with Gasteiger partial charge >= 0.3 is 0 Å². The molecular weight excluding hydrogens is 340 g/mol. The molecule has 2 aromatic rings. The topological polar surface area (TPSA) is 58.6 Å². The Morgan fingerprint density at radius 1 is 1.15 bits per heavy atom. The number of ether oxygens (including phenoxy) is 1. The lowest BCUT2D eigenvalue weighted by atomic mass is 10.0. The summed E-state index contributed by atoms with van der Waals surface area (Å²) in [6.07, 6.45) is 0.250. The van der Waals surface area contributed by atoms with Crippen LogP contribution in [0, 0.1) is 5.92 Å². The second kappa shape index (κ2) is 8.25. The zero-order valence-corrected chi connectivity index (χ0v) is 16.1. The van der Waals surface area contributed by atoms with Crippen LogP contribution < -0.4 is 15.0 Å². The maximum atomic E-state index is 12.5. The maximum Gasteiger partial charge on any atom is 0.227 e. The van der Waals surface area contributed by atoms with Crippen LogP contribution in [-0.2, 0) is 16.1 Å². The molecular formula is C22H26N2O3. The van der Waals surface area contributed by atoms with Crippen molar-refractivity contribution in [3.05, 3.63) is 59.7 Å². The summed E-state index contributed by atoms with van der Waals surface area (Å²) in [5.41, 5.74) is 3.09. The van der Waals surface area contributed by atoms with Crippen LogP contribution >= 0.6 is 0 Å². The molecule has 3 rings (SSSR count). The number of carbonyl (C=O) groups is 2. The second-order valence-electron chi connectivity index (χ2n) is 7.22. The Morgan fingerprint density at radius 3 is 2.41 bits per heavy atom. The Kier molecular flexibility index (Phi) is 5.79. The number of amides is 2. The number of hydrogen-bond acceptors (Lipinski definition) is 3. The normalized spacial score (nSPS) is 16.7. The van der Waals surface area contributed by atoms with E-state index in [0.29, 0.717) is 19.0 Å². The van der Waals surface area contributed by atoms with E-state index in [2.05, 4.69) is 19.2 Å². The minimum Gasteiger partial charge on any atom is -0.497 e. The maximum absolute atomic E-state index is 12.5. The highest BCUT2D eigenvalue weighted by Gasteiger charge is 2.34. The number of hydrogen-bond donors (Lipinski definition) is 1. The van der Waals surface area contributed by atoms with E-state index >= 15 is 0 Å². The molecule has 1 N–H and O–H groups in total. The van der Waals surface area contributed by atoms with Crippen molar-refractivity contribution in [3.8, 4) is 5.75 Å². The largest absolute Gasteiger partial charge is 0.497 e. The molecule has 2 amide bonds. The monoisotopic (exact) mass is 366 g/mol. The molecule has 142 valence electrons. The van der Waals surface area contributed by atoms with Gasteiger partial charge in [-0.25, -0.2) is 0 Å². The van der Waals surface area contributed by atoms with Gasteiger partial charge in [-0.15, -0.1) is 0 Å². The highest BCUT2D eigenvalue weighted by atomic mass is 16.5. The van der Waals surface area contributed by atoms with Crippen LogP contribution in [-0.4, -0.2) is 25.5 Å². The van der Waals surface area contributed by atoms with Gasteiger partial charge in [0.1, 0.15) is 5.75 Å². The van der Waals surface area contributed by atoms with Gasteiger partial charge in [0, 0.05) is 25.2 Å². The molecule has 1 aliphatic rings. The lowest BCUT2D eigenvalue weighted by molar-refractivity contribution is -0.126. The summed E-state index contributed by atoms with van der Waals surface area (Å²) < 4.78 is 5.13. The first-order valence-electron chi connectivity index (χ1n) is 9.29. The highest BCUT2D eigenvalue weighted by Crippen LogP contribution is 2.27. The van der Waals surface area contributed by atoms with Crippen LogP contribution in [0.25, 0.3) is 0 Å². The van der Waals surface area contributed by atoms with Crippen LogP contribution in [0.5, 0.6) is 5.75 Å². The van der Waals surface area contributed by atoms with Gasteiger partial charge in [-0.1, -0.05) is 38.1 Å². The van der Waals surface area contributed by atoms with Gasteiger partial charge in [0.2, 0.25) is 11.8 Å². The summed E-state index contributed by atoms with van der Waals surface area (Å²) in [6.45, 7) is 5.14. The van der Waals surface area contributed by atoms with E-state index in [1.807, 2.05) is 48.5 Å². The van der Waals surface area contributed by atoms with Crippen molar-refractivity contribution in [3.63, 3.8) is 0 Å². The van der Waals surface area contributed by atoms with E-state index in [1.165, 1.54) is 5.56 Å². The molecule has 27 heavy (non-hydrogen) atoms. The van der Waals surface area contributed by atoms with Crippen LogP contribution in [0.4, 0.5) is 5.69 Å². The quantitative estimate of drug-likeness (QED) is 0.851. The Bertz CT molecular complexity index is 797. The number of methoxy groups -OCH3 is 1. The number of nitrogens with zero attached hydrogens (tertiary/aromatic N) is 1. The first kappa shape index (κ1) is 19.0. The molecule has 1 unspecified atom stereocenters. The summed E-state index contributed by atoms with van der Waals surface area (Å²) in [7, 11) is 1.62. The summed E-state index contributed by atoms with van der Waals surface area (Å²) in [5, 5.41) is 2.94. The van der Waals surface area contributed by atoms with E-state index in [1.54, 1.807) is 12.0 Å². The highest BCUT2D eigenvalue weighted by molar-refractivity contribution is 6.00. The molecule has 2 aromatic carbocycles. The summed E-state index contributed by atoms with van der Waals surface area (Å²) in [6, 6.07) is 15.6. The van der Waals surface area contributed by atoms with Crippen molar-refractivity contribution >= 4 is 17.5 Å². The van der Waals surface area contributed by atoms with Crippen LogP contribution in [0.3, 0.4) is 0 Å². The van der Waals surface area contributed by atoms with Gasteiger partial charge in [-0.2, -0.15) is 0 Å². The van der Waals surface area contributed by atoms with E-state index in [9.17, 15) is 9.59 Å². The van der Waals surface area contributed by atoms with Gasteiger partial charge in [-0.3, -0.25) is 9.59 Å². The van der Waals surface area contributed by atoms with E-state index in [4.69, 9.17) is 4.74 Å².